The molecule has 2 amide bonds. The van der Waals surface area contributed by atoms with Gasteiger partial charge in [-0.05, 0) is 44.4 Å². The fourth-order valence-electron chi connectivity index (χ4n) is 2.95. The van der Waals surface area contributed by atoms with Gasteiger partial charge in [0, 0.05) is 19.0 Å². The highest BCUT2D eigenvalue weighted by molar-refractivity contribution is 6.30. The Labute approximate surface area is 150 Å². The third-order valence-electron chi connectivity index (χ3n) is 4.46. The van der Waals surface area contributed by atoms with Gasteiger partial charge in [0.1, 0.15) is 5.82 Å². The predicted octanol–water partition coefficient (Wildman–Crippen LogP) is 3.82. The number of carbonyl (C=O) groups is 1. The molecule has 8 heteroatoms. The molecule has 6 nitrogen and oxygen atoms in total. The molecule has 1 aromatic carbocycles. The number of nitrogens with one attached hydrogen (secondary N) is 1. The summed E-state index contributed by atoms with van der Waals surface area (Å²) in [5, 5.41) is 6.79. The minimum absolute atomic E-state index is 0.0502. The molecule has 3 rings (SSSR count). The van der Waals surface area contributed by atoms with Crippen molar-refractivity contribution in [2.24, 2.45) is 0 Å². The maximum absolute atomic E-state index is 13.2. The quantitative estimate of drug-likeness (QED) is 0.896. The van der Waals surface area contributed by atoms with Gasteiger partial charge < -0.3 is 14.7 Å². The number of carbonyl (C=O) groups excluding carboxylic acids is 1. The summed E-state index contributed by atoms with van der Waals surface area (Å²) < 4.78 is 18.5. The van der Waals surface area contributed by atoms with Gasteiger partial charge >= 0.3 is 6.03 Å². The number of hydrogen-bond donors (Lipinski definition) is 1. The Hall–Kier alpha value is -2.15. The van der Waals surface area contributed by atoms with Gasteiger partial charge in [-0.2, -0.15) is 4.98 Å². The molecule has 1 N–H and O–H groups in total. The van der Waals surface area contributed by atoms with E-state index >= 15 is 0 Å². The molecule has 0 unspecified atom stereocenters. The number of aromatic nitrogens is 2. The van der Waals surface area contributed by atoms with E-state index in [-0.39, 0.29) is 23.0 Å². The molecule has 2 heterocycles. The van der Waals surface area contributed by atoms with Crippen LogP contribution >= 0.6 is 11.6 Å². The molecule has 0 saturated carbocycles. The van der Waals surface area contributed by atoms with Crippen molar-refractivity contribution in [2.45, 2.75) is 38.6 Å². The number of hydrogen-bond acceptors (Lipinski definition) is 4. The fourth-order valence-corrected chi connectivity index (χ4v) is 3.14. The summed E-state index contributed by atoms with van der Waals surface area (Å²) in [7, 11) is 0. The highest BCUT2D eigenvalue weighted by Crippen LogP contribution is 2.27. The van der Waals surface area contributed by atoms with E-state index in [2.05, 4.69) is 15.5 Å². The Morgan fingerprint density at radius 3 is 2.76 bits per heavy atom. The van der Waals surface area contributed by atoms with Gasteiger partial charge in [0.15, 0.2) is 5.82 Å². The molecule has 1 aromatic heterocycles. The average molecular weight is 367 g/mol. The molecular weight excluding hydrogens is 347 g/mol. The van der Waals surface area contributed by atoms with Crippen molar-refractivity contribution in [2.75, 3.05) is 13.1 Å². The first kappa shape index (κ1) is 17.7. The zero-order valence-corrected chi connectivity index (χ0v) is 14.9. The highest BCUT2D eigenvalue weighted by Gasteiger charge is 2.27. The van der Waals surface area contributed by atoms with Crippen LogP contribution in [0.2, 0.25) is 5.02 Å². The van der Waals surface area contributed by atoms with Crippen LogP contribution in [0.5, 0.6) is 0 Å². The molecule has 0 bridgehead atoms. The standard InChI is InChI=1S/C17H20ClFN4O2/c1-10(13-3-4-15(19)14(18)9-13)20-17(24)23-7-5-12(6-8-23)16-21-11(2)22-25-16/h3-4,9-10,12H,5-8H2,1-2H3,(H,20,24)/t10-/m0/s1. The summed E-state index contributed by atoms with van der Waals surface area (Å²) in [6.07, 6.45) is 1.57. The topological polar surface area (TPSA) is 71.3 Å². The van der Waals surface area contributed by atoms with Crippen LogP contribution in [0.15, 0.2) is 22.7 Å². The zero-order chi connectivity index (χ0) is 18.0. The molecule has 0 radical (unpaired) electrons. The lowest BCUT2D eigenvalue weighted by Gasteiger charge is -2.31. The number of halogens is 2. The molecule has 1 aliphatic heterocycles. The van der Waals surface area contributed by atoms with Crippen molar-refractivity contribution in [1.82, 2.24) is 20.4 Å². The monoisotopic (exact) mass is 366 g/mol. The van der Waals surface area contributed by atoms with E-state index in [4.69, 9.17) is 16.1 Å². The van der Waals surface area contributed by atoms with Crippen molar-refractivity contribution < 1.29 is 13.7 Å². The second kappa shape index (κ2) is 7.39. The maximum Gasteiger partial charge on any atom is 0.317 e. The van der Waals surface area contributed by atoms with Crippen LogP contribution in [0.4, 0.5) is 9.18 Å². The number of amides is 2. The molecule has 2 aromatic rings. The van der Waals surface area contributed by atoms with Crippen LogP contribution in [0.1, 0.15) is 49.0 Å². The molecule has 0 aliphatic carbocycles. The Bertz CT molecular complexity index is 759. The van der Waals surface area contributed by atoms with Gasteiger partial charge in [-0.3, -0.25) is 0 Å². The van der Waals surface area contributed by atoms with Crippen molar-refractivity contribution in [1.29, 1.82) is 0 Å². The van der Waals surface area contributed by atoms with E-state index in [0.29, 0.717) is 24.8 Å². The predicted molar refractivity (Wildman–Crippen MR) is 90.9 cm³/mol. The summed E-state index contributed by atoms with van der Waals surface area (Å²) in [6.45, 7) is 4.87. The third-order valence-corrected chi connectivity index (χ3v) is 4.75. The van der Waals surface area contributed by atoms with Crippen LogP contribution in [-0.4, -0.2) is 34.2 Å². The Morgan fingerprint density at radius 2 is 2.16 bits per heavy atom. The number of urea groups is 1. The first-order valence-electron chi connectivity index (χ1n) is 8.24. The van der Waals surface area contributed by atoms with E-state index in [9.17, 15) is 9.18 Å². The maximum atomic E-state index is 13.2. The fraction of sp³-hybridized carbons (Fsp3) is 0.471. The van der Waals surface area contributed by atoms with E-state index < -0.39 is 5.82 Å². The van der Waals surface area contributed by atoms with Gasteiger partial charge in [-0.1, -0.05) is 22.8 Å². The Balaban J connectivity index is 1.54. The van der Waals surface area contributed by atoms with E-state index in [1.165, 1.54) is 12.1 Å². The van der Waals surface area contributed by atoms with Gasteiger partial charge in [-0.25, -0.2) is 9.18 Å². The second-order valence-electron chi connectivity index (χ2n) is 6.29. The van der Waals surface area contributed by atoms with Crippen molar-refractivity contribution in [3.8, 4) is 0 Å². The van der Waals surface area contributed by atoms with Crippen LogP contribution in [0.25, 0.3) is 0 Å². The zero-order valence-electron chi connectivity index (χ0n) is 14.1. The minimum Gasteiger partial charge on any atom is -0.339 e. The lowest BCUT2D eigenvalue weighted by atomic mass is 9.97. The highest BCUT2D eigenvalue weighted by atomic mass is 35.5. The van der Waals surface area contributed by atoms with Gasteiger partial charge in [-0.15, -0.1) is 0 Å². The largest absolute Gasteiger partial charge is 0.339 e. The normalized spacial score (nSPS) is 16.7. The Kier molecular flexibility index (Phi) is 5.22. The Morgan fingerprint density at radius 1 is 1.44 bits per heavy atom. The van der Waals surface area contributed by atoms with Crippen LogP contribution < -0.4 is 5.32 Å². The summed E-state index contributed by atoms with van der Waals surface area (Å²) in [6, 6.07) is 4.05. The van der Waals surface area contributed by atoms with E-state index in [1.807, 2.05) is 6.92 Å². The molecule has 0 spiro atoms. The van der Waals surface area contributed by atoms with E-state index in [1.54, 1.807) is 17.9 Å². The molecule has 1 fully saturated rings. The lowest BCUT2D eigenvalue weighted by molar-refractivity contribution is 0.172. The van der Waals surface area contributed by atoms with Crippen molar-refractivity contribution in [3.05, 3.63) is 46.3 Å². The third kappa shape index (κ3) is 4.10. The number of benzene rings is 1. The van der Waals surface area contributed by atoms with Crippen LogP contribution in [-0.2, 0) is 0 Å². The lowest BCUT2D eigenvalue weighted by Crippen LogP contribution is -2.44. The molecule has 1 saturated heterocycles. The summed E-state index contributed by atoms with van der Waals surface area (Å²) in [5.74, 6) is 0.995. The number of aryl methyl sites for hydroxylation is 1. The smallest absolute Gasteiger partial charge is 0.317 e. The van der Waals surface area contributed by atoms with Gasteiger partial charge in [0.2, 0.25) is 5.89 Å². The van der Waals surface area contributed by atoms with Gasteiger partial charge in [0.25, 0.3) is 0 Å². The van der Waals surface area contributed by atoms with E-state index in [0.717, 1.165) is 18.4 Å². The SMILES string of the molecule is Cc1noc(C2CCN(C(=O)N[C@@H](C)c3ccc(F)c(Cl)c3)CC2)n1. The first-order valence-corrected chi connectivity index (χ1v) is 8.62. The number of piperidine rings is 1. The summed E-state index contributed by atoms with van der Waals surface area (Å²) in [5.41, 5.74) is 0.760. The van der Waals surface area contributed by atoms with Crippen LogP contribution in [0.3, 0.4) is 0 Å². The summed E-state index contributed by atoms with van der Waals surface area (Å²) in [4.78, 5) is 18.5. The first-order chi connectivity index (χ1) is 11.9. The molecule has 1 aliphatic rings. The van der Waals surface area contributed by atoms with Gasteiger partial charge in [0.05, 0.1) is 11.1 Å². The second-order valence-corrected chi connectivity index (χ2v) is 6.69. The molecule has 25 heavy (non-hydrogen) atoms. The molecular formula is C17H20ClFN4O2. The van der Waals surface area contributed by atoms with Crippen molar-refractivity contribution >= 4 is 17.6 Å². The molecule has 1 atom stereocenters. The summed E-state index contributed by atoms with van der Waals surface area (Å²) >= 11 is 5.80. The molecule has 134 valence electrons. The number of likely N-dealkylation sites (tertiary alicyclic amines) is 1. The minimum atomic E-state index is -0.470. The number of nitrogens with zero attached hydrogens (tertiary/aromatic N) is 3. The van der Waals surface area contributed by atoms with Crippen molar-refractivity contribution in [3.63, 3.8) is 0 Å². The average Bonchev–Trinajstić information content (AvgIpc) is 3.04. The number of rotatable bonds is 3. The van der Waals surface area contributed by atoms with Crippen LogP contribution in [0, 0.1) is 12.7 Å².